The van der Waals surface area contributed by atoms with Crippen LogP contribution in [-0.2, 0) is 9.53 Å². The van der Waals surface area contributed by atoms with Gasteiger partial charge in [0.05, 0.1) is 4.88 Å². The largest absolute Gasteiger partial charge is 0.368 e. The van der Waals surface area contributed by atoms with Crippen molar-refractivity contribution in [3.8, 4) is 0 Å². The molecule has 0 aromatic carbocycles. The van der Waals surface area contributed by atoms with Gasteiger partial charge in [0.2, 0.25) is 0 Å². The second kappa shape index (κ2) is 6.84. The lowest BCUT2D eigenvalue weighted by atomic mass is 9.95. The lowest BCUT2D eigenvalue weighted by Gasteiger charge is -2.38. The molecule has 1 aliphatic carbocycles. The Morgan fingerprint density at radius 2 is 1.92 bits per heavy atom. The molecule has 2 amide bonds. The molecule has 0 spiro atoms. The van der Waals surface area contributed by atoms with Crippen molar-refractivity contribution in [3.63, 3.8) is 0 Å². The summed E-state index contributed by atoms with van der Waals surface area (Å²) in [6, 6.07) is 3.97. The number of hydrogen-bond donors (Lipinski definition) is 1. The van der Waals surface area contributed by atoms with Crippen LogP contribution in [-0.4, -0.2) is 48.6 Å². The van der Waals surface area contributed by atoms with Gasteiger partial charge in [0.15, 0.2) is 0 Å². The zero-order valence-electron chi connectivity index (χ0n) is 14.6. The lowest BCUT2D eigenvalue weighted by molar-refractivity contribution is -0.156. The van der Waals surface area contributed by atoms with Crippen LogP contribution in [0.25, 0.3) is 0 Å². The van der Waals surface area contributed by atoms with E-state index in [0.717, 1.165) is 35.4 Å². The molecule has 2 heterocycles. The van der Waals surface area contributed by atoms with Crippen LogP contribution in [0.2, 0.25) is 0 Å². The highest BCUT2D eigenvalue weighted by atomic mass is 32.1. The molecule has 0 bridgehead atoms. The summed E-state index contributed by atoms with van der Waals surface area (Å²) in [6.45, 7) is 5.27. The molecule has 1 aliphatic heterocycles. The van der Waals surface area contributed by atoms with Gasteiger partial charge in [-0.3, -0.25) is 9.59 Å². The number of aryl methyl sites for hydroxylation is 1. The predicted octanol–water partition coefficient (Wildman–Crippen LogP) is 2.59. The minimum Gasteiger partial charge on any atom is -0.368 e. The van der Waals surface area contributed by atoms with E-state index in [1.54, 1.807) is 7.11 Å². The van der Waals surface area contributed by atoms with Crippen LogP contribution in [0.1, 0.15) is 47.2 Å². The molecule has 2 aliphatic rings. The fourth-order valence-electron chi connectivity index (χ4n) is 3.42. The Bertz CT molecular complexity index is 618. The highest BCUT2D eigenvalue weighted by Gasteiger charge is 2.49. The monoisotopic (exact) mass is 350 g/mol. The summed E-state index contributed by atoms with van der Waals surface area (Å²) in [5.41, 5.74) is -0.676. The van der Waals surface area contributed by atoms with Crippen molar-refractivity contribution in [2.75, 3.05) is 20.2 Å². The zero-order valence-corrected chi connectivity index (χ0v) is 15.4. The molecule has 6 heteroatoms. The third-order valence-electron chi connectivity index (χ3n) is 5.29. The number of ether oxygens (including phenoxy) is 1. The SMILES string of the molecule is COC(C)(C(=O)N1CCC(NC(=O)c2ccc(C)s2)CC1)C1CC1. The zero-order chi connectivity index (χ0) is 17.3. The van der Waals surface area contributed by atoms with Crippen molar-refractivity contribution in [2.45, 2.75) is 51.2 Å². The third-order valence-corrected chi connectivity index (χ3v) is 6.29. The predicted molar refractivity (Wildman–Crippen MR) is 94.3 cm³/mol. The Balaban J connectivity index is 1.52. The molecule has 2 fully saturated rings. The number of hydrogen-bond acceptors (Lipinski definition) is 4. The van der Waals surface area contributed by atoms with E-state index < -0.39 is 5.60 Å². The third kappa shape index (κ3) is 3.49. The first-order valence-corrected chi connectivity index (χ1v) is 9.47. The van der Waals surface area contributed by atoms with E-state index in [1.807, 2.05) is 30.9 Å². The van der Waals surface area contributed by atoms with E-state index in [4.69, 9.17) is 4.74 Å². The molecular formula is C18H26N2O3S. The van der Waals surface area contributed by atoms with Gasteiger partial charge in [-0.05, 0) is 57.6 Å². The van der Waals surface area contributed by atoms with Crippen molar-refractivity contribution in [1.82, 2.24) is 10.2 Å². The molecule has 3 rings (SSSR count). The molecule has 1 saturated heterocycles. The number of thiophene rings is 1. The first kappa shape index (κ1) is 17.4. The molecule has 1 aromatic heterocycles. The number of nitrogens with zero attached hydrogens (tertiary/aromatic N) is 1. The van der Waals surface area contributed by atoms with Crippen molar-refractivity contribution >= 4 is 23.2 Å². The second-order valence-corrected chi connectivity index (χ2v) is 8.32. The molecule has 132 valence electrons. The summed E-state index contributed by atoms with van der Waals surface area (Å²) in [7, 11) is 1.63. The van der Waals surface area contributed by atoms with Crippen molar-refractivity contribution in [2.24, 2.45) is 5.92 Å². The Kier molecular flexibility index (Phi) is 4.97. The number of carbonyl (C=O) groups excluding carboxylic acids is 2. The van der Waals surface area contributed by atoms with Crippen molar-refractivity contribution in [3.05, 3.63) is 21.9 Å². The highest BCUT2D eigenvalue weighted by Crippen LogP contribution is 2.42. The van der Waals surface area contributed by atoms with Gasteiger partial charge in [-0.15, -0.1) is 11.3 Å². The second-order valence-electron chi connectivity index (χ2n) is 7.04. The van der Waals surface area contributed by atoms with Crippen LogP contribution >= 0.6 is 11.3 Å². The number of methoxy groups -OCH3 is 1. The molecule has 1 aromatic rings. The fourth-order valence-corrected chi connectivity index (χ4v) is 4.19. The standard InChI is InChI=1S/C18H26N2O3S/c1-12-4-7-15(24-12)16(21)19-14-8-10-20(11-9-14)17(22)18(2,23-3)13-5-6-13/h4,7,13-14H,5-6,8-11H2,1-3H3,(H,19,21). The molecule has 24 heavy (non-hydrogen) atoms. The summed E-state index contributed by atoms with van der Waals surface area (Å²) >= 11 is 1.51. The van der Waals surface area contributed by atoms with Gasteiger partial charge < -0.3 is 15.0 Å². The van der Waals surface area contributed by atoms with E-state index in [2.05, 4.69) is 5.32 Å². The van der Waals surface area contributed by atoms with E-state index in [9.17, 15) is 9.59 Å². The normalized spacial score (nSPS) is 21.4. The van der Waals surface area contributed by atoms with Crippen LogP contribution in [0.15, 0.2) is 12.1 Å². The summed E-state index contributed by atoms with van der Waals surface area (Å²) < 4.78 is 5.57. The lowest BCUT2D eigenvalue weighted by Crippen LogP contribution is -2.54. The molecule has 1 saturated carbocycles. The van der Waals surface area contributed by atoms with Crippen LogP contribution in [0.3, 0.4) is 0 Å². The number of carbonyl (C=O) groups is 2. The topological polar surface area (TPSA) is 58.6 Å². The smallest absolute Gasteiger partial charge is 0.261 e. The van der Waals surface area contributed by atoms with Crippen molar-refractivity contribution < 1.29 is 14.3 Å². The molecule has 1 N–H and O–H groups in total. The van der Waals surface area contributed by atoms with E-state index in [1.165, 1.54) is 11.3 Å². The number of piperidine rings is 1. The van der Waals surface area contributed by atoms with Crippen LogP contribution in [0.4, 0.5) is 0 Å². The molecule has 0 radical (unpaired) electrons. The van der Waals surface area contributed by atoms with Gasteiger partial charge >= 0.3 is 0 Å². The summed E-state index contributed by atoms with van der Waals surface area (Å²) in [4.78, 5) is 28.8. The van der Waals surface area contributed by atoms with Gasteiger partial charge in [-0.1, -0.05) is 0 Å². The summed E-state index contributed by atoms with van der Waals surface area (Å²) in [5.74, 6) is 0.457. The molecule has 1 atom stereocenters. The highest BCUT2D eigenvalue weighted by molar-refractivity contribution is 7.13. The Hall–Kier alpha value is -1.40. The number of amides is 2. The average molecular weight is 350 g/mol. The van der Waals surface area contributed by atoms with Gasteiger partial charge in [-0.25, -0.2) is 0 Å². The van der Waals surface area contributed by atoms with Crippen molar-refractivity contribution in [1.29, 1.82) is 0 Å². The van der Waals surface area contributed by atoms with Crippen LogP contribution in [0, 0.1) is 12.8 Å². The van der Waals surface area contributed by atoms with E-state index in [-0.39, 0.29) is 17.9 Å². The Morgan fingerprint density at radius 1 is 1.25 bits per heavy atom. The first-order valence-electron chi connectivity index (χ1n) is 8.66. The Morgan fingerprint density at radius 3 is 2.42 bits per heavy atom. The van der Waals surface area contributed by atoms with Gasteiger partial charge in [0, 0.05) is 31.1 Å². The number of rotatable bonds is 5. The van der Waals surface area contributed by atoms with E-state index in [0.29, 0.717) is 19.0 Å². The van der Waals surface area contributed by atoms with Crippen LogP contribution in [0.5, 0.6) is 0 Å². The van der Waals surface area contributed by atoms with Crippen LogP contribution < -0.4 is 5.32 Å². The maximum Gasteiger partial charge on any atom is 0.261 e. The maximum atomic E-state index is 12.8. The molecule has 1 unspecified atom stereocenters. The van der Waals surface area contributed by atoms with Gasteiger partial charge in [-0.2, -0.15) is 0 Å². The minimum atomic E-state index is -0.676. The number of nitrogens with one attached hydrogen (secondary N) is 1. The summed E-state index contributed by atoms with van der Waals surface area (Å²) in [5, 5.41) is 3.10. The molecule has 5 nitrogen and oxygen atoms in total. The van der Waals surface area contributed by atoms with Gasteiger partial charge in [0.1, 0.15) is 5.60 Å². The minimum absolute atomic E-state index is 0.00223. The average Bonchev–Trinajstić information content (AvgIpc) is 3.36. The number of likely N-dealkylation sites (tertiary alicyclic amines) is 1. The fraction of sp³-hybridized carbons (Fsp3) is 0.667. The Labute approximate surface area is 147 Å². The maximum absolute atomic E-state index is 12.8. The van der Waals surface area contributed by atoms with Gasteiger partial charge in [0.25, 0.3) is 11.8 Å². The first-order chi connectivity index (χ1) is 11.4. The quantitative estimate of drug-likeness (QED) is 0.888. The molecular weight excluding hydrogens is 324 g/mol. The summed E-state index contributed by atoms with van der Waals surface area (Å²) in [6.07, 6.45) is 3.74. The van der Waals surface area contributed by atoms with E-state index >= 15 is 0 Å².